The minimum absolute atomic E-state index is 0.160. The van der Waals surface area contributed by atoms with E-state index in [4.69, 9.17) is 32.7 Å². The van der Waals surface area contributed by atoms with Crippen LogP contribution in [0.1, 0.15) is 5.56 Å². The molecule has 10 heteroatoms. The van der Waals surface area contributed by atoms with Gasteiger partial charge in [0.25, 0.3) is 5.91 Å². The number of alkyl halides is 3. The molecule has 0 spiro atoms. The Morgan fingerprint density at radius 2 is 1.86 bits per heavy atom. The van der Waals surface area contributed by atoms with Crippen LogP contribution < -0.4 is 15.0 Å². The number of hydrogen-bond acceptors (Lipinski definition) is 4. The zero-order valence-corrected chi connectivity index (χ0v) is 16.6. The van der Waals surface area contributed by atoms with Crippen LogP contribution in [0.2, 0.25) is 10.0 Å². The average molecular weight is 449 g/mol. The highest BCUT2D eigenvalue weighted by Gasteiger charge is 2.35. The van der Waals surface area contributed by atoms with Gasteiger partial charge in [-0.05, 0) is 30.3 Å². The number of nitrogens with zero attached hydrogens (tertiary/aromatic N) is 1. The van der Waals surface area contributed by atoms with Crippen molar-refractivity contribution in [1.29, 1.82) is 0 Å². The molecule has 0 unspecified atom stereocenters. The van der Waals surface area contributed by atoms with E-state index in [-0.39, 0.29) is 16.5 Å². The Kier molecular flexibility index (Phi) is 6.77. The van der Waals surface area contributed by atoms with Gasteiger partial charge in [0.15, 0.2) is 6.61 Å². The Labute approximate surface area is 175 Å². The molecule has 29 heavy (non-hydrogen) atoms. The van der Waals surface area contributed by atoms with Crippen LogP contribution in [0, 0.1) is 0 Å². The number of rotatable bonds is 5. The van der Waals surface area contributed by atoms with E-state index in [0.29, 0.717) is 37.0 Å². The molecule has 0 radical (unpaired) electrons. The lowest BCUT2D eigenvalue weighted by atomic mass is 10.1. The molecule has 2 aromatic carbocycles. The Bertz CT molecular complexity index is 887. The number of benzene rings is 2. The number of halogens is 5. The molecule has 0 bridgehead atoms. The summed E-state index contributed by atoms with van der Waals surface area (Å²) in [5, 5.41) is 2.83. The highest BCUT2D eigenvalue weighted by Crippen LogP contribution is 2.37. The quantitative estimate of drug-likeness (QED) is 0.708. The zero-order valence-electron chi connectivity index (χ0n) is 15.1. The molecule has 0 aromatic heterocycles. The molecular formula is C19H17Cl2F3N2O3. The maximum atomic E-state index is 13.5. The van der Waals surface area contributed by atoms with E-state index in [0.717, 1.165) is 6.07 Å². The summed E-state index contributed by atoms with van der Waals surface area (Å²) >= 11 is 11.8. The van der Waals surface area contributed by atoms with Crippen molar-refractivity contribution in [1.82, 2.24) is 0 Å². The SMILES string of the molecule is O=C(COc1cc(Cl)ccc1Cl)Nc1ccc(N2CCOCC2)cc1C(F)(F)F. The lowest BCUT2D eigenvalue weighted by molar-refractivity contribution is -0.137. The van der Waals surface area contributed by atoms with Crippen molar-refractivity contribution in [3.05, 3.63) is 52.0 Å². The van der Waals surface area contributed by atoms with Gasteiger partial charge in [-0.25, -0.2) is 0 Å². The van der Waals surface area contributed by atoms with Crippen LogP contribution in [-0.4, -0.2) is 38.8 Å². The van der Waals surface area contributed by atoms with Crippen LogP contribution >= 0.6 is 23.2 Å². The summed E-state index contributed by atoms with van der Waals surface area (Å²) in [4.78, 5) is 13.9. The van der Waals surface area contributed by atoms with Crippen LogP contribution in [0.4, 0.5) is 24.5 Å². The highest BCUT2D eigenvalue weighted by molar-refractivity contribution is 6.34. The summed E-state index contributed by atoms with van der Waals surface area (Å²) in [6.45, 7) is 1.36. The van der Waals surface area contributed by atoms with Crippen LogP contribution in [-0.2, 0) is 15.7 Å². The van der Waals surface area contributed by atoms with Crippen molar-refractivity contribution in [3.63, 3.8) is 0 Å². The summed E-state index contributed by atoms with van der Waals surface area (Å²) < 4.78 is 51.1. The normalized spacial score (nSPS) is 14.6. The maximum absolute atomic E-state index is 13.5. The fraction of sp³-hybridized carbons (Fsp3) is 0.316. The number of carbonyl (C=O) groups is 1. The van der Waals surface area contributed by atoms with Crippen molar-refractivity contribution in [3.8, 4) is 5.75 Å². The van der Waals surface area contributed by atoms with E-state index in [9.17, 15) is 18.0 Å². The minimum atomic E-state index is -4.64. The molecule has 3 rings (SSSR count). The molecule has 1 aliphatic rings. The monoisotopic (exact) mass is 448 g/mol. The van der Waals surface area contributed by atoms with Gasteiger partial charge >= 0.3 is 6.18 Å². The largest absolute Gasteiger partial charge is 0.482 e. The van der Waals surface area contributed by atoms with Gasteiger partial charge in [0.05, 0.1) is 29.5 Å². The van der Waals surface area contributed by atoms with E-state index in [1.807, 2.05) is 0 Å². The minimum Gasteiger partial charge on any atom is -0.482 e. The summed E-state index contributed by atoms with van der Waals surface area (Å²) in [6.07, 6.45) is -4.64. The number of carbonyl (C=O) groups excluding carboxylic acids is 1. The van der Waals surface area contributed by atoms with Gasteiger partial charge < -0.3 is 19.7 Å². The second kappa shape index (κ2) is 9.11. The second-order valence-corrected chi connectivity index (χ2v) is 7.08. The van der Waals surface area contributed by atoms with Gasteiger partial charge in [-0.3, -0.25) is 4.79 Å². The molecule has 0 saturated carbocycles. The molecule has 5 nitrogen and oxygen atoms in total. The van der Waals surface area contributed by atoms with E-state index < -0.39 is 24.3 Å². The summed E-state index contributed by atoms with van der Waals surface area (Å²) in [6, 6.07) is 8.24. The molecule has 1 saturated heterocycles. The molecule has 0 aliphatic carbocycles. The first-order chi connectivity index (χ1) is 13.7. The summed E-state index contributed by atoms with van der Waals surface area (Å²) in [7, 11) is 0. The smallest absolute Gasteiger partial charge is 0.418 e. The van der Waals surface area contributed by atoms with Gasteiger partial charge in [0, 0.05) is 29.9 Å². The first kappa shape index (κ1) is 21.5. The summed E-state index contributed by atoms with van der Waals surface area (Å²) in [5.41, 5.74) is -0.864. The van der Waals surface area contributed by atoms with Crippen LogP contribution in [0.15, 0.2) is 36.4 Å². The predicted octanol–water partition coefficient (Wildman–Crippen LogP) is 4.87. The van der Waals surface area contributed by atoms with Crippen LogP contribution in [0.25, 0.3) is 0 Å². The predicted molar refractivity (Wildman–Crippen MR) is 105 cm³/mol. The zero-order chi connectivity index (χ0) is 21.0. The van der Waals surface area contributed by atoms with Gasteiger partial charge in [-0.15, -0.1) is 0 Å². The van der Waals surface area contributed by atoms with Crippen LogP contribution in [0.3, 0.4) is 0 Å². The van der Waals surface area contributed by atoms with Gasteiger partial charge in [0.1, 0.15) is 5.75 Å². The van der Waals surface area contributed by atoms with Crippen molar-refractivity contribution < 1.29 is 27.4 Å². The number of hydrogen-bond donors (Lipinski definition) is 1. The average Bonchev–Trinajstić information content (AvgIpc) is 2.69. The Morgan fingerprint density at radius 3 is 2.55 bits per heavy atom. The second-order valence-electron chi connectivity index (χ2n) is 6.24. The number of nitrogens with one attached hydrogen (secondary N) is 1. The molecule has 0 atom stereocenters. The fourth-order valence-electron chi connectivity index (χ4n) is 2.81. The van der Waals surface area contributed by atoms with Crippen molar-refractivity contribution in [2.24, 2.45) is 0 Å². The van der Waals surface area contributed by atoms with Gasteiger partial charge in [-0.1, -0.05) is 23.2 Å². The third kappa shape index (κ3) is 5.68. The van der Waals surface area contributed by atoms with E-state index in [1.165, 1.54) is 24.3 Å². The van der Waals surface area contributed by atoms with E-state index >= 15 is 0 Å². The third-order valence-corrected chi connectivity index (χ3v) is 4.76. The Balaban J connectivity index is 1.73. The summed E-state index contributed by atoms with van der Waals surface area (Å²) in [5.74, 6) is -0.598. The maximum Gasteiger partial charge on any atom is 0.418 e. The van der Waals surface area contributed by atoms with Gasteiger partial charge in [-0.2, -0.15) is 13.2 Å². The third-order valence-electron chi connectivity index (χ3n) is 4.21. The molecular weight excluding hydrogens is 432 g/mol. The van der Waals surface area contributed by atoms with Crippen molar-refractivity contribution >= 4 is 40.5 Å². The molecule has 1 heterocycles. The Morgan fingerprint density at radius 1 is 1.14 bits per heavy atom. The van der Waals surface area contributed by atoms with Crippen LogP contribution in [0.5, 0.6) is 5.75 Å². The molecule has 1 aliphatic heterocycles. The highest BCUT2D eigenvalue weighted by atomic mass is 35.5. The van der Waals surface area contributed by atoms with Crippen molar-refractivity contribution in [2.75, 3.05) is 43.1 Å². The number of ether oxygens (including phenoxy) is 2. The molecule has 2 aromatic rings. The number of morpholine rings is 1. The molecule has 1 N–H and O–H groups in total. The fourth-order valence-corrected chi connectivity index (χ4v) is 3.15. The van der Waals surface area contributed by atoms with Crippen molar-refractivity contribution in [2.45, 2.75) is 6.18 Å². The lowest BCUT2D eigenvalue weighted by Gasteiger charge is -2.29. The first-order valence-electron chi connectivity index (χ1n) is 8.65. The topological polar surface area (TPSA) is 50.8 Å². The number of anilines is 2. The first-order valence-corrected chi connectivity index (χ1v) is 9.41. The standard InChI is InChI=1S/C19H17Cl2F3N2O3/c20-12-1-3-15(21)17(9-12)29-11-18(27)25-16-4-2-13(10-14(16)19(22,23)24)26-5-7-28-8-6-26/h1-4,9-10H,5-8,11H2,(H,25,27). The van der Waals surface area contributed by atoms with E-state index in [1.54, 1.807) is 11.0 Å². The molecule has 1 fully saturated rings. The molecule has 156 valence electrons. The van der Waals surface area contributed by atoms with E-state index in [2.05, 4.69) is 5.32 Å². The Hall–Kier alpha value is -2.16. The lowest BCUT2D eigenvalue weighted by Crippen LogP contribution is -2.36. The number of amides is 1. The molecule has 1 amide bonds. The van der Waals surface area contributed by atoms with Gasteiger partial charge in [0.2, 0.25) is 0 Å².